The van der Waals surface area contributed by atoms with Crippen LogP contribution < -0.4 is 9.62 Å². The summed E-state index contributed by atoms with van der Waals surface area (Å²) in [5, 5.41) is 3.37. The van der Waals surface area contributed by atoms with Gasteiger partial charge in [-0.25, -0.2) is 8.42 Å². The van der Waals surface area contributed by atoms with Crippen molar-refractivity contribution in [3.05, 3.63) is 94.5 Å². The molecule has 0 radical (unpaired) electrons. The second-order valence-corrected chi connectivity index (χ2v) is 9.99. The Morgan fingerprint density at radius 2 is 1.66 bits per heavy atom. The minimum Gasteiger partial charge on any atom is -0.348 e. The van der Waals surface area contributed by atoms with Crippen LogP contribution in [0, 0.1) is 13.8 Å². The third kappa shape index (κ3) is 5.50. The van der Waals surface area contributed by atoms with Crippen LogP contribution in [0.25, 0.3) is 0 Å². The minimum atomic E-state index is -4.00. The number of carbonyl (C=O) groups excluding carboxylic acids is 1. The summed E-state index contributed by atoms with van der Waals surface area (Å²) in [5.41, 5.74) is 2.99. The van der Waals surface area contributed by atoms with Crippen molar-refractivity contribution >= 4 is 33.2 Å². The van der Waals surface area contributed by atoms with Crippen molar-refractivity contribution in [3.63, 3.8) is 0 Å². The molecule has 1 unspecified atom stereocenters. The Bertz CT molecular complexity index is 1180. The Balaban J connectivity index is 1.96. The molecule has 1 amide bonds. The molecule has 3 rings (SSSR count). The van der Waals surface area contributed by atoms with Crippen molar-refractivity contribution < 1.29 is 13.2 Å². The fourth-order valence-corrected chi connectivity index (χ4v) is 5.11. The number of carbonyl (C=O) groups is 1. The molecule has 0 saturated carbocycles. The molecule has 3 aromatic carbocycles. The molecule has 5 nitrogen and oxygen atoms in total. The van der Waals surface area contributed by atoms with Gasteiger partial charge < -0.3 is 5.32 Å². The highest BCUT2D eigenvalue weighted by atomic mass is 35.5. The zero-order valence-electron chi connectivity index (χ0n) is 18.4. The first-order valence-corrected chi connectivity index (χ1v) is 12.2. The van der Waals surface area contributed by atoms with Crippen LogP contribution in [-0.4, -0.2) is 20.9 Å². The second kappa shape index (κ2) is 10.2. The van der Waals surface area contributed by atoms with Crippen molar-refractivity contribution in [1.29, 1.82) is 0 Å². The van der Waals surface area contributed by atoms with Crippen molar-refractivity contribution in [2.75, 3.05) is 10.8 Å². The first-order valence-electron chi connectivity index (χ1n) is 10.4. The SMILES string of the molecule is CCC(NC(=O)CN(c1cc(Cl)ccc1C)S(=O)(=O)c1ccc(C)cc1)c1ccccc1. The molecular formula is C25H27ClN2O3S. The fourth-order valence-electron chi connectivity index (χ4n) is 3.47. The summed E-state index contributed by atoms with van der Waals surface area (Å²) in [6.07, 6.45) is 0.677. The Kier molecular flexibility index (Phi) is 7.59. The summed E-state index contributed by atoms with van der Waals surface area (Å²) in [5.74, 6) is -0.393. The van der Waals surface area contributed by atoms with E-state index < -0.39 is 15.9 Å². The average molecular weight is 471 g/mol. The van der Waals surface area contributed by atoms with Crippen molar-refractivity contribution in [3.8, 4) is 0 Å². The molecule has 0 aromatic heterocycles. The van der Waals surface area contributed by atoms with E-state index in [2.05, 4.69) is 5.32 Å². The van der Waals surface area contributed by atoms with E-state index in [0.717, 1.165) is 15.4 Å². The van der Waals surface area contributed by atoms with Gasteiger partial charge in [0, 0.05) is 5.02 Å². The van der Waals surface area contributed by atoms with E-state index >= 15 is 0 Å². The Labute approximate surface area is 195 Å². The van der Waals surface area contributed by atoms with Gasteiger partial charge in [0.1, 0.15) is 6.54 Å². The summed E-state index contributed by atoms with van der Waals surface area (Å²) in [6.45, 7) is 5.29. The largest absolute Gasteiger partial charge is 0.348 e. The molecule has 1 atom stereocenters. The number of amides is 1. The van der Waals surface area contributed by atoms with Crippen molar-refractivity contribution in [1.82, 2.24) is 5.32 Å². The highest BCUT2D eigenvalue weighted by Crippen LogP contribution is 2.29. The smallest absolute Gasteiger partial charge is 0.264 e. The number of nitrogens with zero attached hydrogens (tertiary/aromatic N) is 1. The predicted molar refractivity (Wildman–Crippen MR) is 130 cm³/mol. The van der Waals surface area contributed by atoms with Gasteiger partial charge in [-0.1, -0.05) is 72.6 Å². The number of hydrogen-bond acceptors (Lipinski definition) is 3. The van der Waals surface area contributed by atoms with Gasteiger partial charge in [0.2, 0.25) is 5.91 Å². The van der Waals surface area contributed by atoms with Gasteiger partial charge in [0.25, 0.3) is 10.0 Å². The molecule has 0 aliphatic rings. The Morgan fingerprint density at radius 3 is 2.28 bits per heavy atom. The molecule has 7 heteroatoms. The van der Waals surface area contributed by atoms with Gasteiger partial charge in [0.05, 0.1) is 16.6 Å². The third-order valence-electron chi connectivity index (χ3n) is 5.28. The van der Waals surface area contributed by atoms with Crippen LogP contribution in [0.1, 0.15) is 36.1 Å². The van der Waals surface area contributed by atoms with Gasteiger partial charge in [-0.15, -0.1) is 0 Å². The van der Waals surface area contributed by atoms with Crippen LogP contribution in [0.4, 0.5) is 5.69 Å². The summed E-state index contributed by atoms with van der Waals surface area (Å²) in [4.78, 5) is 13.2. The molecule has 3 aromatic rings. The summed E-state index contributed by atoms with van der Waals surface area (Å²) < 4.78 is 28.3. The van der Waals surface area contributed by atoms with E-state index in [-0.39, 0.29) is 17.5 Å². The second-order valence-electron chi connectivity index (χ2n) is 7.69. The number of hydrogen-bond donors (Lipinski definition) is 1. The molecule has 0 spiro atoms. The fraction of sp³-hybridized carbons (Fsp3) is 0.240. The molecule has 1 N–H and O–H groups in total. The van der Waals surface area contributed by atoms with Gasteiger partial charge in [-0.3, -0.25) is 9.10 Å². The Morgan fingerprint density at radius 1 is 1.00 bits per heavy atom. The molecule has 0 aliphatic carbocycles. The topological polar surface area (TPSA) is 66.5 Å². The van der Waals surface area contributed by atoms with E-state index in [1.54, 1.807) is 49.4 Å². The summed E-state index contributed by atoms with van der Waals surface area (Å²) in [7, 11) is -4.00. The number of sulfonamides is 1. The van der Waals surface area contributed by atoms with E-state index in [0.29, 0.717) is 22.7 Å². The van der Waals surface area contributed by atoms with Crippen LogP contribution >= 0.6 is 11.6 Å². The minimum absolute atomic E-state index is 0.116. The first-order chi connectivity index (χ1) is 15.2. The molecule has 0 saturated heterocycles. The van der Waals surface area contributed by atoms with Gasteiger partial charge in [0.15, 0.2) is 0 Å². The lowest BCUT2D eigenvalue weighted by molar-refractivity contribution is -0.120. The van der Waals surface area contributed by atoms with E-state index in [4.69, 9.17) is 11.6 Å². The zero-order chi connectivity index (χ0) is 23.3. The Hall–Kier alpha value is -2.83. The maximum Gasteiger partial charge on any atom is 0.264 e. The van der Waals surface area contributed by atoms with Crippen LogP contribution in [-0.2, 0) is 14.8 Å². The van der Waals surface area contributed by atoms with Gasteiger partial charge >= 0.3 is 0 Å². The highest BCUT2D eigenvalue weighted by molar-refractivity contribution is 7.92. The van der Waals surface area contributed by atoms with Gasteiger partial charge in [-0.05, 0) is 55.7 Å². The molecule has 0 bridgehead atoms. The predicted octanol–water partition coefficient (Wildman–Crippen LogP) is 5.42. The lowest BCUT2D eigenvalue weighted by atomic mass is 10.0. The molecule has 0 aliphatic heterocycles. The molecule has 32 heavy (non-hydrogen) atoms. The van der Waals surface area contributed by atoms with E-state index in [9.17, 15) is 13.2 Å². The monoisotopic (exact) mass is 470 g/mol. The van der Waals surface area contributed by atoms with Crippen LogP contribution in [0.2, 0.25) is 5.02 Å². The molecule has 0 heterocycles. The summed E-state index contributed by atoms with van der Waals surface area (Å²) >= 11 is 6.18. The lowest BCUT2D eigenvalue weighted by Gasteiger charge is -2.27. The normalized spacial score (nSPS) is 12.2. The molecule has 0 fully saturated rings. The highest BCUT2D eigenvalue weighted by Gasteiger charge is 2.29. The maximum absolute atomic E-state index is 13.6. The third-order valence-corrected chi connectivity index (χ3v) is 7.29. The van der Waals surface area contributed by atoms with Crippen LogP contribution in [0.3, 0.4) is 0 Å². The van der Waals surface area contributed by atoms with Crippen molar-refractivity contribution in [2.24, 2.45) is 0 Å². The van der Waals surface area contributed by atoms with Crippen molar-refractivity contribution in [2.45, 2.75) is 38.1 Å². The molecule has 168 valence electrons. The number of aryl methyl sites for hydroxylation is 2. The number of rotatable bonds is 8. The maximum atomic E-state index is 13.6. The lowest BCUT2D eigenvalue weighted by Crippen LogP contribution is -2.42. The average Bonchev–Trinajstić information content (AvgIpc) is 2.78. The zero-order valence-corrected chi connectivity index (χ0v) is 20.0. The number of halogens is 1. The standard InChI is InChI=1S/C25H27ClN2O3S/c1-4-23(20-8-6-5-7-9-20)27-25(29)17-28(24-16-21(26)13-12-19(24)3)32(30,31)22-14-10-18(2)11-15-22/h5-16,23H,4,17H2,1-3H3,(H,27,29). The number of benzene rings is 3. The first kappa shape index (κ1) is 23.8. The van der Waals surface area contributed by atoms with Crippen LogP contribution in [0.5, 0.6) is 0 Å². The number of anilines is 1. The molecular weight excluding hydrogens is 444 g/mol. The van der Waals surface area contributed by atoms with E-state index in [1.165, 1.54) is 0 Å². The van der Waals surface area contributed by atoms with E-state index in [1.807, 2.05) is 44.2 Å². The summed E-state index contributed by atoms with van der Waals surface area (Å²) in [6, 6.07) is 21.0. The number of nitrogens with one attached hydrogen (secondary N) is 1. The van der Waals surface area contributed by atoms with Crippen LogP contribution in [0.15, 0.2) is 77.7 Å². The quantitative estimate of drug-likeness (QED) is 0.478. The van der Waals surface area contributed by atoms with Gasteiger partial charge in [-0.2, -0.15) is 0 Å².